The maximum atomic E-state index is 8.78. The Kier molecular flexibility index (Phi) is 4.41. The molecule has 0 aliphatic heterocycles. The van der Waals surface area contributed by atoms with Gasteiger partial charge in [0, 0.05) is 0 Å². The molecule has 1 fully saturated rings. The summed E-state index contributed by atoms with van der Waals surface area (Å²) >= 11 is 0. The Morgan fingerprint density at radius 2 is 1.83 bits per heavy atom. The van der Waals surface area contributed by atoms with Gasteiger partial charge in [0.15, 0.2) is 0 Å². The van der Waals surface area contributed by atoms with Gasteiger partial charge in [0.2, 0.25) is 0 Å². The summed E-state index contributed by atoms with van der Waals surface area (Å²) < 4.78 is 5.63. The lowest BCUT2D eigenvalue weighted by molar-refractivity contribution is 0.0994. The molecule has 0 amide bonds. The maximum absolute atomic E-state index is 8.78. The molecule has 0 unspecified atom stereocenters. The summed E-state index contributed by atoms with van der Waals surface area (Å²) in [6.45, 7) is 1.97. The summed E-state index contributed by atoms with van der Waals surface area (Å²) in [7, 11) is 0. The highest BCUT2D eigenvalue weighted by atomic mass is 16.5. The fourth-order valence-corrected chi connectivity index (χ4v) is 2.55. The molecule has 1 aromatic carbocycles. The zero-order valence-corrected chi connectivity index (χ0v) is 10.8. The van der Waals surface area contributed by atoms with E-state index in [0.29, 0.717) is 12.0 Å². The molecule has 1 aliphatic rings. The summed E-state index contributed by atoms with van der Waals surface area (Å²) in [5.41, 5.74) is 2.10. The van der Waals surface area contributed by atoms with Gasteiger partial charge in [-0.1, -0.05) is 18.2 Å². The van der Waals surface area contributed by atoms with Crippen LogP contribution in [0.5, 0.6) is 0 Å². The Labute approximate surface area is 109 Å². The molecular weight excluding hydrogens is 222 g/mol. The Morgan fingerprint density at radius 3 is 2.39 bits per heavy atom. The van der Waals surface area contributed by atoms with Crippen LogP contribution in [0.2, 0.25) is 0 Å². The zero-order valence-electron chi connectivity index (χ0n) is 10.8. The first-order valence-corrected chi connectivity index (χ1v) is 6.60. The molecule has 0 radical (unpaired) electrons. The van der Waals surface area contributed by atoms with Crippen molar-refractivity contribution in [3.8, 4) is 6.07 Å². The Bertz CT molecular complexity index is 433. The number of allylic oxidation sites excluding steroid dienone is 1. The van der Waals surface area contributed by atoms with E-state index in [-0.39, 0.29) is 0 Å². The minimum atomic E-state index is 0.385. The molecule has 0 heterocycles. The van der Waals surface area contributed by atoms with Crippen molar-refractivity contribution >= 4 is 0 Å². The number of hydrogen-bond donors (Lipinski definition) is 0. The third-order valence-corrected chi connectivity index (χ3v) is 3.59. The average molecular weight is 241 g/mol. The van der Waals surface area contributed by atoms with Gasteiger partial charge in [-0.15, -0.1) is 0 Å². The first-order valence-electron chi connectivity index (χ1n) is 6.60. The van der Waals surface area contributed by atoms with E-state index < -0.39 is 0 Å². The van der Waals surface area contributed by atoms with Gasteiger partial charge in [0.25, 0.3) is 0 Å². The number of nitrogens with zero attached hydrogens (tertiary/aromatic N) is 1. The number of rotatable bonds is 3. The zero-order chi connectivity index (χ0) is 12.8. The van der Waals surface area contributed by atoms with Crippen LogP contribution in [-0.2, 0) is 4.74 Å². The number of hydrogen-bond acceptors (Lipinski definition) is 2. The highest BCUT2D eigenvalue weighted by Crippen LogP contribution is 2.34. The van der Waals surface area contributed by atoms with Crippen molar-refractivity contribution in [2.24, 2.45) is 0 Å². The summed E-state index contributed by atoms with van der Waals surface area (Å²) in [5, 5.41) is 8.78. The van der Waals surface area contributed by atoms with Crippen molar-refractivity contribution in [1.29, 1.82) is 5.26 Å². The molecule has 94 valence electrons. The van der Waals surface area contributed by atoms with Crippen LogP contribution in [0, 0.1) is 11.3 Å². The van der Waals surface area contributed by atoms with E-state index in [1.165, 1.54) is 18.4 Å². The van der Waals surface area contributed by atoms with Crippen LogP contribution in [0.4, 0.5) is 0 Å². The van der Waals surface area contributed by atoms with Crippen LogP contribution in [0.15, 0.2) is 36.6 Å². The lowest BCUT2D eigenvalue weighted by Crippen LogP contribution is -2.18. The van der Waals surface area contributed by atoms with Crippen molar-refractivity contribution in [2.75, 3.05) is 0 Å². The van der Waals surface area contributed by atoms with Crippen LogP contribution in [0.25, 0.3) is 0 Å². The van der Waals surface area contributed by atoms with E-state index in [9.17, 15) is 0 Å². The monoisotopic (exact) mass is 241 g/mol. The second-order valence-corrected chi connectivity index (χ2v) is 4.81. The van der Waals surface area contributed by atoms with Gasteiger partial charge in [0.05, 0.1) is 24.0 Å². The number of ether oxygens (including phenoxy) is 1. The lowest BCUT2D eigenvalue weighted by atomic mass is 9.82. The summed E-state index contributed by atoms with van der Waals surface area (Å²) in [4.78, 5) is 0. The highest BCUT2D eigenvalue weighted by molar-refractivity contribution is 5.33. The van der Waals surface area contributed by atoms with Crippen LogP contribution in [0.1, 0.15) is 49.7 Å². The summed E-state index contributed by atoms with van der Waals surface area (Å²) in [5.74, 6) is 0.628. The van der Waals surface area contributed by atoms with Gasteiger partial charge in [-0.05, 0) is 56.2 Å². The molecule has 0 saturated heterocycles. The first kappa shape index (κ1) is 12.7. The van der Waals surface area contributed by atoms with Gasteiger partial charge >= 0.3 is 0 Å². The molecule has 1 saturated carbocycles. The van der Waals surface area contributed by atoms with Gasteiger partial charge in [0.1, 0.15) is 0 Å². The smallest absolute Gasteiger partial charge is 0.0991 e. The minimum absolute atomic E-state index is 0.385. The Balaban J connectivity index is 1.90. The van der Waals surface area contributed by atoms with Crippen LogP contribution in [-0.4, -0.2) is 6.10 Å². The second-order valence-electron chi connectivity index (χ2n) is 4.81. The first-order chi connectivity index (χ1) is 8.83. The quantitative estimate of drug-likeness (QED) is 0.745. The fraction of sp³-hybridized carbons (Fsp3) is 0.438. The Hall–Kier alpha value is -1.75. The highest BCUT2D eigenvalue weighted by Gasteiger charge is 2.22. The van der Waals surface area contributed by atoms with E-state index in [0.717, 1.165) is 18.4 Å². The molecule has 0 spiro atoms. The molecule has 18 heavy (non-hydrogen) atoms. The van der Waals surface area contributed by atoms with E-state index in [1.54, 1.807) is 6.26 Å². The van der Waals surface area contributed by atoms with Crippen molar-refractivity contribution in [1.82, 2.24) is 0 Å². The lowest BCUT2D eigenvalue weighted by Gasteiger charge is -2.28. The molecule has 0 aromatic heterocycles. The minimum Gasteiger partial charge on any atom is -0.498 e. The van der Waals surface area contributed by atoms with Crippen molar-refractivity contribution in [3.63, 3.8) is 0 Å². The van der Waals surface area contributed by atoms with E-state index in [4.69, 9.17) is 10.00 Å². The van der Waals surface area contributed by atoms with Crippen LogP contribution < -0.4 is 0 Å². The normalized spacial score (nSPS) is 23.8. The summed E-state index contributed by atoms with van der Waals surface area (Å²) in [6.07, 6.45) is 8.71. The SMILES string of the molecule is C/C=C/OC1CCC(c2ccc(C#N)cc2)CC1. The largest absolute Gasteiger partial charge is 0.498 e. The maximum Gasteiger partial charge on any atom is 0.0991 e. The standard InChI is InChI=1S/C16H19NO/c1-2-11-18-16-9-7-15(8-10-16)14-5-3-13(12-17)4-6-14/h2-6,11,15-16H,7-10H2,1H3/b11-2+. The fourth-order valence-electron chi connectivity index (χ4n) is 2.55. The summed E-state index contributed by atoms with van der Waals surface area (Å²) in [6, 6.07) is 10.2. The van der Waals surface area contributed by atoms with Crippen molar-refractivity contribution in [3.05, 3.63) is 47.7 Å². The van der Waals surface area contributed by atoms with Gasteiger partial charge in [-0.3, -0.25) is 0 Å². The van der Waals surface area contributed by atoms with E-state index in [1.807, 2.05) is 25.1 Å². The third-order valence-electron chi connectivity index (χ3n) is 3.59. The Morgan fingerprint density at radius 1 is 1.17 bits per heavy atom. The van der Waals surface area contributed by atoms with Gasteiger partial charge in [-0.2, -0.15) is 5.26 Å². The van der Waals surface area contributed by atoms with Crippen LogP contribution >= 0.6 is 0 Å². The molecule has 2 rings (SSSR count). The van der Waals surface area contributed by atoms with Crippen molar-refractivity contribution in [2.45, 2.75) is 44.6 Å². The molecule has 0 atom stereocenters. The molecule has 2 heteroatoms. The van der Waals surface area contributed by atoms with E-state index >= 15 is 0 Å². The predicted octanol–water partition coefficient (Wildman–Crippen LogP) is 4.13. The van der Waals surface area contributed by atoms with Crippen molar-refractivity contribution < 1.29 is 4.74 Å². The topological polar surface area (TPSA) is 33.0 Å². The van der Waals surface area contributed by atoms with Gasteiger partial charge in [-0.25, -0.2) is 0 Å². The molecular formula is C16H19NO. The molecule has 1 aromatic rings. The van der Waals surface area contributed by atoms with Crippen LogP contribution in [0.3, 0.4) is 0 Å². The number of nitriles is 1. The van der Waals surface area contributed by atoms with Gasteiger partial charge < -0.3 is 4.74 Å². The predicted molar refractivity (Wildman–Crippen MR) is 72.1 cm³/mol. The molecule has 0 bridgehead atoms. The second kappa shape index (κ2) is 6.26. The molecule has 2 nitrogen and oxygen atoms in total. The number of benzene rings is 1. The molecule has 0 N–H and O–H groups in total. The average Bonchev–Trinajstić information content (AvgIpc) is 2.46. The van der Waals surface area contributed by atoms with E-state index in [2.05, 4.69) is 18.2 Å². The molecule has 1 aliphatic carbocycles. The third kappa shape index (κ3) is 3.13.